The number of nitrogens with zero attached hydrogens (tertiary/aromatic N) is 3. The van der Waals surface area contributed by atoms with Crippen LogP contribution in [0, 0.1) is 11.8 Å². The number of fused-ring (bicyclic) bond motifs is 6. The first-order valence-corrected chi connectivity index (χ1v) is 13.9. The Balaban J connectivity index is 1.17. The van der Waals surface area contributed by atoms with Crippen LogP contribution >= 0.6 is 0 Å². The molecule has 192 valence electrons. The molecule has 5 aliphatic rings. The molecule has 1 N–H and O–H groups in total. The lowest BCUT2D eigenvalue weighted by molar-refractivity contribution is -0.138. The second kappa shape index (κ2) is 9.33. The average Bonchev–Trinajstić information content (AvgIpc) is 3.16. The zero-order valence-corrected chi connectivity index (χ0v) is 21.5. The van der Waals surface area contributed by atoms with Gasteiger partial charge in [-0.3, -0.25) is 14.5 Å². The minimum Gasteiger partial charge on any atom is -0.336 e. The highest BCUT2D eigenvalue weighted by atomic mass is 16.2. The van der Waals surface area contributed by atoms with Gasteiger partial charge >= 0.3 is 6.03 Å². The molecule has 1 aliphatic carbocycles. The summed E-state index contributed by atoms with van der Waals surface area (Å²) in [5.41, 5.74) is 3.14. The quantitative estimate of drug-likeness (QED) is 0.511. The Kier molecular flexibility index (Phi) is 6.14. The van der Waals surface area contributed by atoms with Gasteiger partial charge in [0.15, 0.2) is 0 Å². The topological polar surface area (TPSA) is 73.0 Å². The molecule has 4 heterocycles. The van der Waals surface area contributed by atoms with Crippen LogP contribution < -0.4 is 10.2 Å². The average molecular weight is 491 g/mol. The Morgan fingerprint density at radius 2 is 1.89 bits per heavy atom. The zero-order valence-electron chi connectivity index (χ0n) is 21.5. The standard InChI is InChI=1S/C29H38N4O3/c1-18(2)19-8-10-23(11-9-19)33-28(35)24(30-29(33)36)16-26(34)32-13-5-6-20-14-21-15-22(27(20)32)17-31-12-4-3-7-25(21)31/h8-11,14,18,21-22,24-25,27H,3-7,12-13,15-17H2,1-2H3,(H,30,36)/t21-,22+,24?,25?,27?/m1/s1. The van der Waals surface area contributed by atoms with Gasteiger partial charge in [-0.25, -0.2) is 9.69 Å². The number of nitrogens with one attached hydrogen (secondary N) is 1. The number of likely N-dealkylation sites (tertiary alicyclic amines) is 1. The van der Waals surface area contributed by atoms with Crippen LogP contribution in [0.3, 0.4) is 0 Å². The van der Waals surface area contributed by atoms with E-state index in [0.717, 1.165) is 31.5 Å². The molecule has 1 aromatic carbocycles. The van der Waals surface area contributed by atoms with E-state index in [2.05, 4.69) is 30.1 Å². The summed E-state index contributed by atoms with van der Waals surface area (Å²) in [5, 5.41) is 2.78. The van der Waals surface area contributed by atoms with E-state index in [0.29, 0.717) is 29.5 Å². The first-order chi connectivity index (χ1) is 17.4. The number of imide groups is 1. The van der Waals surface area contributed by atoms with Crippen molar-refractivity contribution in [1.29, 1.82) is 0 Å². The van der Waals surface area contributed by atoms with E-state index in [9.17, 15) is 14.4 Å². The Labute approximate surface area is 213 Å². The summed E-state index contributed by atoms with van der Waals surface area (Å²) in [4.78, 5) is 45.5. The van der Waals surface area contributed by atoms with Gasteiger partial charge in [0.25, 0.3) is 5.91 Å². The van der Waals surface area contributed by atoms with Gasteiger partial charge in [-0.05, 0) is 74.1 Å². The van der Waals surface area contributed by atoms with Crippen molar-refractivity contribution < 1.29 is 14.4 Å². The second-order valence-corrected chi connectivity index (χ2v) is 11.7. The second-order valence-electron chi connectivity index (χ2n) is 11.7. The minimum atomic E-state index is -0.807. The molecule has 4 aliphatic heterocycles. The lowest BCUT2D eigenvalue weighted by atomic mass is 9.68. The van der Waals surface area contributed by atoms with Gasteiger partial charge in [-0.2, -0.15) is 0 Å². The Bertz CT molecular complexity index is 1080. The molecule has 4 saturated heterocycles. The molecule has 4 fully saturated rings. The van der Waals surface area contributed by atoms with Crippen molar-refractivity contribution in [2.24, 2.45) is 11.8 Å². The number of anilines is 1. The molecule has 7 nitrogen and oxygen atoms in total. The fourth-order valence-electron chi connectivity index (χ4n) is 7.47. The van der Waals surface area contributed by atoms with Crippen molar-refractivity contribution in [3.05, 3.63) is 41.5 Å². The Morgan fingerprint density at radius 1 is 1.08 bits per heavy atom. The Morgan fingerprint density at radius 3 is 2.67 bits per heavy atom. The molecule has 5 atom stereocenters. The first-order valence-electron chi connectivity index (χ1n) is 13.9. The van der Waals surface area contributed by atoms with Crippen molar-refractivity contribution >= 4 is 23.5 Å². The molecule has 36 heavy (non-hydrogen) atoms. The van der Waals surface area contributed by atoms with Gasteiger partial charge in [0, 0.05) is 19.1 Å². The summed E-state index contributed by atoms with van der Waals surface area (Å²) >= 11 is 0. The van der Waals surface area contributed by atoms with E-state index in [1.807, 2.05) is 29.2 Å². The van der Waals surface area contributed by atoms with Gasteiger partial charge in [-0.1, -0.05) is 44.1 Å². The summed E-state index contributed by atoms with van der Waals surface area (Å²) < 4.78 is 0. The molecule has 0 radical (unpaired) electrons. The van der Waals surface area contributed by atoms with E-state index in [4.69, 9.17) is 0 Å². The number of benzene rings is 1. The maximum Gasteiger partial charge on any atom is 0.329 e. The third-order valence-electron chi connectivity index (χ3n) is 9.19. The first kappa shape index (κ1) is 23.7. The molecule has 6 rings (SSSR count). The van der Waals surface area contributed by atoms with Crippen LogP contribution in [0.1, 0.15) is 70.3 Å². The summed E-state index contributed by atoms with van der Waals surface area (Å²) in [6.07, 6.45) is 9.66. The number of hydrogen-bond acceptors (Lipinski definition) is 4. The van der Waals surface area contributed by atoms with E-state index in [1.165, 1.54) is 42.7 Å². The summed E-state index contributed by atoms with van der Waals surface area (Å²) in [6, 6.07) is 7.11. The van der Waals surface area contributed by atoms with Crippen LogP contribution in [0.4, 0.5) is 10.5 Å². The van der Waals surface area contributed by atoms with E-state index in [1.54, 1.807) is 0 Å². The smallest absolute Gasteiger partial charge is 0.329 e. The fourth-order valence-corrected chi connectivity index (χ4v) is 7.47. The lowest BCUT2D eigenvalue weighted by Crippen LogP contribution is -2.60. The van der Waals surface area contributed by atoms with E-state index >= 15 is 0 Å². The number of piperidine rings is 3. The maximum atomic E-state index is 13.6. The number of rotatable bonds is 4. The predicted octanol–water partition coefficient (Wildman–Crippen LogP) is 4.05. The number of amides is 4. The third-order valence-corrected chi connectivity index (χ3v) is 9.19. The highest BCUT2D eigenvalue weighted by molar-refractivity contribution is 6.22. The predicted molar refractivity (Wildman–Crippen MR) is 139 cm³/mol. The van der Waals surface area contributed by atoms with Crippen LogP contribution in [0.15, 0.2) is 35.9 Å². The molecule has 2 bridgehead atoms. The molecule has 1 aromatic rings. The molecule has 0 spiro atoms. The molecule has 4 amide bonds. The number of carbonyl (C=O) groups excluding carboxylic acids is 3. The van der Waals surface area contributed by atoms with Crippen molar-refractivity contribution in [3.63, 3.8) is 0 Å². The zero-order chi connectivity index (χ0) is 25.0. The van der Waals surface area contributed by atoms with Crippen molar-refractivity contribution in [2.75, 3.05) is 24.5 Å². The Hall–Kier alpha value is -2.67. The molecule has 0 saturated carbocycles. The van der Waals surface area contributed by atoms with Gasteiger partial charge in [0.2, 0.25) is 5.91 Å². The van der Waals surface area contributed by atoms with Crippen LogP contribution in [0.5, 0.6) is 0 Å². The number of carbonyl (C=O) groups is 3. The molecular formula is C29H38N4O3. The lowest BCUT2D eigenvalue weighted by Gasteiger charge is -2.54. The third kappa shape index (κ3) is 4.05. The SMILES string of the molecule is CC(C)c1ccc(N2C(=O)NC(CC(=O)N3CCCC4=C[C@@H]5C[C@@H](CN6CCCCC56)C43)C2=O)cc1. The summed E-state index contributed by atoms with van der Waals surface area (Å²) in [5.74, 6) is 1.11. The van der Waals surface area contributed by atoms with Gasteiger partial charge in [0.1, 0.15) is 6.04 Å². The molecule has 0 aromatic heterocycles. The van der Waals surface area contributed by atoms with E-state index < -0.39 is 12.1 Å². The van der Waals surface area contributed by atoms with Crippen LogP contribution in [0.2, 0.25) is 0 Å². The monoisotopic (exact) mass is 490 g/mol. The van der Waals surface area contributed by atoms with Crippen molar-refractivity contribution in [3.8, 4) is 0 Å². The van der Waals surface area contributed by atoms with Crippen molar-refractivity contribution in [1.82, 2.24) is 15.1 Å². The molecule has 3 unspecified atom stereocenters. The van der Waals surface area contributed by atoms with Gasteiger partial charge in [-0.15, -0.1) is 0 Å². The van der Waals surface area contributed by atoms with E-state index in [-0.39, 0.29) is 24.3 Å². The van der Waals surface area contributed by atoms with Crippen LogP contribution in [-0.4, -0.2) is 65.4 Å². The summed E-state index contributed by atoms with van der Waals surface area (Å²) in [6.45, 7) is 7.21. The van der Waals surface area contributed by atoms with Crippen LogP contribution in [-0.2, 0) is 9.59 Å². The highest BCUT2D eigenvalue weighted by Gasteiger charge is 2.48. The largest absolute Gasteiger partial charge is 0.336 e. The highest BCUT2D eigenvalue weighted by Crippen LogP contribution is 2.45. The maximum absolute atomic E-state index is 13.6. The molecule has 7 heteroatoms. The van der Waals surface area contributed by atoms with Gasteiger partial charge in [0.05, 0.1) is 18.2 Å². The normalized spacial score (nSPS) is 32.2. The number of hydrogen-bond donors (Lipinski definition) is 1. The van der Waals surface area contributed by atoms with Gasteiger partial charge < -0.3 is 10.2 Å². The fraction of sp³-hybridized carbons (Fsp3) is 0.621. The van der Waals surface area contributed by atoms with Crippen molar-refractivity contribution in [2.45, 2.75) is 82.8 Å². The molecular weight excluding hydrogens is 452 g/mol. The minimum absolute atomic E-state index is 0.0135. The van der Waals surface area contributed by atoms with Crippen LogP contribution in [0.25, 0.3) is 0 Å². The summed E-state index contributed by atoms with van der Waals surface area (Å²) in [7, 11) is 0. The number of urea groups is 1.